The zero-order valence-electron chi connectivity index (χ0n) is 24.2. The molecular formula is C29H32Cl3N3O7S. The Hall–Kier alpha value is -3.38. The summed E-state index contributed by atoms with van der Waals surface area (Å²) in [6, 6.07) is 12.3. The topological polar surface area (TPSA) is 114 Å². The summed E-state index contributed by atoms with van der Waals surface area (Å²) in [6.07, 6.45) is 0.219. The van der Waals surface area contributed by atoms with E-state index in [-0.39, 0.29) is 50.1 Å². The summed E-state index contributed by atoms with van der Waals surface area (Å²) in [4.78, 5) is 28.2. The van der Waals surface area contributed by atoms with E-state index in [1.54, 1.807) is 25.1 Å². The Kier molecular flexibility index (Phi) is 11.8. The fourth-order valence-electron chi connectivity index (χ4n) is 4.42. The number of benzene rings is 3. The summed E-state index contributed by atoms with van der Waals surface area (Å²) in [5.74, 6) is -0.552. The van der Waals surface area contributed by atoms with E-state index in [0.717, 1.165) is 4.31 Å². The van der Waals surface area contributed by atoms with Gasteiger partial charge >= 0.3 is 0 Å². The molecular weight excluding hydrogens is 641 g/mol. The van der Waals surface area contributed by atoms with Gasteiger partial charge in [0.2, 0.25) is 11.8 Å². The van der Waals surface area contributed by atoms with E-state index in [4.69, 9.17) is 49.0 Å². The summed E-state index contributed by atoms with van der Waals surface area (Å²) in [5, 5.41) is 3.33. The van der Waals surface area contributed by atoms with E-state index in [1.807, 2.05) is 0 Å². The Labute approximate surface area is 266 Å². The first-order chi connectivity index (χ1) is 20.4. The van der Waals surface area contributed by atoms with E-state index in [1.165, 1.54) is 69.7 Å². The van der Waals surface area contributed by atoms with Crippen molar-refractivity contribution < 1.29 is 32.2 Å². The van der Waals surface area contributed by atoms with E-state index < -0.39 is 34.4 Å². The Bertz CT molecular complexity index is 1570. The molecule has 1 N–H and O–H groups in total. The molecule has 1 atom stereocenters. The Morgan fingerprint density at radius 1 is 0.884 bits per heavy atom. The second kappa shape index (κ2) is 14.9. The maximum atomic E-state index is 14.3. The summed E-state index contributed by atoms with van der Waals surface area (Å²) in [7, 11) is 1.12. The molecule has 0 aliphatic heterocycles. The lowest BCUT2D eigenvalue weighted by atomic mass is 10.1. The van der Waals surface area contributed by atoms with Crippen LogP contribution in [0, 0.1) is 0 Å². The van der Waals surface area contributed by atoms with Gasteiger partial charge in [0.15, 0.2) is 11.5 Å². The number of carbonyl (C=O) groups excluding carboxylic acids is 2. The lowest BCUT2D eigenvalue weighted by Gasteiger charge is -2.33. The number of anilines is 1. The van der Waals surface area contributed by atoms with Gasteiger partial charge in [0, 0.05) is 40.3 Å². The van der Waals surface area contributed by atoms with Crippen LogP contribution >= 0.6 is 34.8 Å². The molecule has 0 fully saturated rings. The van der Waals surface area contributed by atoms with Gasteiger partial charge < -0.3 is 24.4 Å². The van der Waals surface area contributed by atoms with E-state index in [2.05, 4.69) is 5.32 Å². The van der Waals surface area contributed by atoms with Gasteiger partial charge in [-0.15, -0.1) is 0 Å². The Morgan fingerprint density at radius 3 is 2.05 bits per heavy atom. The third-order valence-electron chi connectivity index (χ3n) is 6.65. The highest BCUT2D eigenvalue weighted by atomic mass is 35.5. The van der Waals surface area contributed by atoms with Gasteiger partial charge in [-0.1, -0.05) is 47.8 Å². The highest BCUT2D eigenvalue weighted by Crippen LogP contribution is 2.37. The number of hydrogen-bond donors (Lipinski definition) is 1. The SMILES string of the molecule is CC[C@@H](C(=O)NC)N(Cc1c(Cl)cccc1Cl)C(=O)CN(c1cc(Cl)ccc1OC)S(=O)(=O)c1ccc(OC)c(OC)c1. The molecule has 2 amide bonds. The molecule has 43 heavy (non-hydrogen) atoms. The monoisotopic (exact) mass is 671 g/mol. The van der Waals surface area contributed by atoms with Crippen molar-refractivity contribution in [3.8, 4) is 17.2 Å². The van der Waals surface area contributed by atoms with Crippen molar-refractivity contribution >= 4 is 62.3 Å². The molecule has 0 heterocycles. The van der Waals surface area contributed by atoms with E-state index >= 15 is 0 Å². The number of methoxy groups -OCH3 is 3. The third kappa shape index (κ3) is 7.59. The molecule has 0 saturated carbocycles. The minimum atomic E-state index is -4.48. The van der Waals surface area contributed by atoms with Crippen LogP contribution in [0.25, 0.3) is 0 Å². The van der Waals surface area contributed by atoms with Gasteiger partial charge in [-0.25, -0.2) is 8.42 Å². The highest BCUT2D eigenvalue weighted by molar-refractivity contribution is 7.92. The van der Waals surface area contributed by atoms with Crippen LogP contribution in [0.5, 0.6) is 17.2 Å². The van der Waals surface area contributed by atoms with Gasteiger partial charge in [0.05, 0.1) is 31.9 Å². The molecule has 0 unspecified atom stereocenters. The summed E-state index contributed by atoms with van der Waals surface area (Å²) in [5.41, 5.74) is 0.401. The number of sulfonamides is 1. The first-order valence-electron chi connectivity index (χ1n) is 13.0. The fourth-order valence-corrected chi connectivity index (χ4v) is 6.53. The quantitative estimate of drug-likeness (QED) is 0.258. The van der Waals surface area contributed by atoms with Crippen LogP contribution < -0.4 is 23.8 Å². The van der Waals surface area contributed by atoms with Crippen LogP contribution in [-0.4, -0.2) is 66.1 Å². The smallest absolute Gasteiger partial charge is 0.265 e. The predicted octanol–water partition coefficient (Wildman–Crippen LogP) is 5.42. The summed E-state index contributed by atoms with van der Waals surface area (Å²) in [6.45, 7) is 0.829. The van der Waals surface area contributed by atoms with Crippen molar-refractivity contribution in [3.63, 3.8) is 0 Å². The zero-order valence-corrected chi connectivity index (χ0v) is 27.3. The van der Waals surface area contributed by atoms with Gasteiger partial charge in [-0.3, -0.25) is 13.9 Å². The van der Waals surface area contributed by atoms with Crippen LogP contribution in [0.3, 0.4) is 0 Å². The minimum absolute atomic E-state index is 0.00172. The number of likely N-dealkylation sites (N-methyl/N-ethyl adjacent to an activating group) is 1. The van der Waals surface area contributed by atoms with Gasteiger partial charge in [0.1, 0.15) is 18.3 Å². The molecule has 10 nitrogen and oxygen atoms in total. The van der Waals surface area contributed by atoms with Crippen LogP contribution in [0.4, 0.5) is 5.69 Å². The van der Waals surface area contributed by atoms with E-state index in [9.17, 15) is 18.0 Å². The standard InChI is InChI=1S/C29H32Cl3N3O7S/c1-6-23(29(37)33-2)34(16-20-21(31)8-7-9-22(20)32)28(36)17-35(24-14-18(30)10-12-25(24)40-3)43(38,39)19-11-13-26(41-4)27(15-19)42-5/h7-15,23H,6,16-17H2,1-5H3,(H,33,37)/t23-/m0/s1. The van der Waals surface area contributed by atoms with Crippen molar-refractivity contribution in [2.45, 2.75) is 30.8 Å². The normalized spacial score (nSPS) is 11.8. The molecule has 0 radical (unpaired) electrons. The molecule has 0 saturated heterocycles. The number of amides is 2. The fraction of sp³-hybridized carbons (Fsp3) is 0.310. The van der Waals surface area contributed by atoms with Crippen LogP contribution in [-0.2, 0) is 26.2 Å². The maximum Gasteiger partial charge on any atom is 0.265 e. The number of hydrogen-bond acceptors (Lipinski definition) is 7. The van der Waals surface area contributed by atoms with Gasteiger partial charge in [-0.05, 0) is 48.9 Å². The maximum absolute atomic E-state index is 14.3. The molecule has 3 aromatic carbocycles. The van der Waals surface area contributed by atoms with Crippen LogP contribution in [0.2, 0.25) is 15.1 Å². The second-order valence-electron chi connectivity index (χ2n) is 9.10. The first-order valence-corrected chi connectivity index (χ1v) is 15.5. The lowest BCUT2D eigenvalue weighted by molar-refractivity contribution is -0.140. The summed E-state index contributed by atoms with van der Waals surface area (Å²) < 4.78 is 45.4. The largest absolute Gasteiger partial charge is 0.495 e. The van der Waals surface area contributed by atoms with Crippen molar-refractivity contribution in [2.24, 2.45) is 0 Å². The molecule has 232 valence electrons. The van der Waals surface area contributed by atoms with Gasteiger partial charge in [0.25, 0.3) is 10.0 Å². The summed E-state index contributed by atoms with van der Waals surface area (Å²) >= 11 is 19.1. The van der Waals surface area contributed by atoms with Crippen molar-refractivity contribution in [2.75, 3.05) is 39.2 Å². The average Bonchev–Trinajstić information content (AvgIpc) is 3.00. The van der Waals surface area contributed by atoms with Crippen molar-refractivity contribution in [1.82, 2.24) is 10.2 Å². The Balaban J connectivity index is 2.21. The average molecular weight is 673 g/mol. The number of carbonyl (C=O) groups is 2. The number of nitrogens with one attached hydrogen (secondary N) is 1. The lowest BCUT2D eigenvalue weighted by Crippen LogP contribution is -2.51. The third-order valence-corrected chi connectivity index (χ3v) is 9.35. The zero-order chi connectivity index (χ0) is 31.9. The molecule has 0 spiro atoms. The Morgan fingerprint density at radius 2 is 1.49 bits per heavy atom. The molecule has 0 bridgehead atoms. The van der Waals surface area contributed by atoms with Crippen molar-refractivity contribution in [3.05, 3.63) is 75.2 Å². The number of nitrogens with zero attached hydrogens (tertiary/aromatic N) is 2. The van der Waals surface area contributed by atoms with E-state index in [0.29, 0.717) is 11.3 Å². The minimum Gasteiger partial charge on any atom is -0.495 e. The molecule has 0 aliphatic carbocycles. The number of halogens is 3. The van der Waals surface area contributed by atoms with Gasteiger partial charge in [-0.2, -0.15) is 0 Å². The highest BCUT2D eigenvalue weighted by Gasteiger charge is 2.35. The molecule has 14 heteroatoms. The molecule has 3 rings (SSSR count). The first kappa shape index (κ1) is 34.1. The molecule has 0 aliphatic rings. The van der Waals surface area contributed by atoms with Crippen LogP contribution in [0.15, 0.2) is 59.5 Å². The number of rotatable bonds is 13. The second-order valence-corrected chi connectivity index (χ2v) is 12.2. The predicted molar refractivity (Wildman–Crippen MR) is 167 cm³/mol. The van der Waals surface area contributed by atoms with Crippen LogP contribution in [0.1, 0.15) is 18.9 Å². The number of ether oxygens (including phenoxy) is 3. The molecule has 3 aromatic rings. The van der Waals surface area contributed by atoms with Crippen molar-refractivity contribution in [1.29, 1.82) is 0 Å². The molecule has 0 aromatic heterocycles.